The van der Waals surface area contributed by atoms with Crippen LogP contribution in [0, 0.1) is 13.8 Å². The number of hydrogen-bond donors (Lipinski definition) is 2. The molecular formula is C17H19N3O5S2. The number of benzene rings is 2. The molecule has 1 amide bonds. The van der Waals surface area contributed by atoms with Crippen molar-refractivity contribution in [1.29, 1.82) is 0 Å². The summed E-state index contributed by atoms with van der Waals surface area (Å²) >= 11 is 0. The average Bonchev–Trinajstić information content (AvgIpc) is 2.52. The van der Waals surface area contributed by atoms with E-state index in [1.807, 2.05) is 0 Å². The molecule has 8 nitrogen and oxygen atoms in total. The van der Waals surface area contributed by atoms with Crippen molar-refractivity contribution in [3.8, 4) is 0 Å². The first-order valence-electron chi connectivity index (χ1n) is 7.64. The van der Waals surface area contributed by atoms with Crippen LogP contribution < -0.4 is 11.5 Å². The zero-order chi connectivity index (χ0) is 20.6. The van der Waals surface area contributed by atoms with Crippen molar-refractivity contribution in [3.05, 3.63) is 53.1 Å². The van der Waals surface area contributed by atoms with Crippen molar-refractivity contribution in [3.63, 3.8) is 0 Å². The second-order valence-electron chi connectivity index (χ2n) is 6.05. The van der Waals surface area contributed by atoms with E-state index >= 15 is 0 Å². The fourth-order valence-electron chi connectivity index (χ4n) is 2.48. The van der Waals surface area contributed by atoms with Gasteiger partial charge in [-0.05, 0) is 49.2 Å². The van der Waals surface area contributed by atoms with Gasteiger partial charge in [0.25, 0.3) is 5.91 Å². The number of rotatable bonds is 4. The lowest BCUT2D eigenvalue weighted by atomic mass is 10.1. The van der Waals surface area contributed by atoms with Gasteiger partial charge in [0.1, 0.15) is 0 Å². The van der Waals surface area contributed by atoms with Crippen LogP contribution in [0.4, 0.5) is 0 Å². The van der Waals surface area contributed by atoms with Crippen LogP contribution in [0.1, 0.15) is 21.5 Å². The number of sulfone groups is 2. The molecule has 2 aromatic rings. The largest absolute Gasteiger partial charge is 0.370 e. The first kappa shape index (κ1) is 20.6. The minimum absolute atomic E-state index is 0.0462. The van der Waals surface area contributed by atoms with Gasteiger partial charge in [0.2, 0.25) is 9.84 Å². The van der Waals surface area contributed by atoms with E-state index in [0.717, 1.165) is 18.4 Å². The van der Waals surface area contributed by atoms with Gasteiger partial charge in [-0.3, -0.25) is 4.79 Å². The normalized spacial score (nSPS) is 11.8. The number of amides is 1. The van der Waals surface area contributed by atoms with Gasteiger partial charge in [-0.25, -0.2) is 16.8 Å². The Hall–Kier alpha value is -2.72. The molecule has 0 spiro atoms. The first-order valence-corrected chi connectivity index (χ1v) is 11.0. The standard InChI is InChI=1S/C17H19N3O5S2/c1-10-5-4-6-12(7-10)27(24,25)15-8-11(2)13(16(21)20-17(18)19)9-14(15)26(3,22)23/h4-9H,1-3H3,(H4,18,19,20,21). The van der Waals surface area contributed by atoms with Gasteiger partial charge in [-0.15, -0.1) is 0 Å². The zero-order valence-electron chi connectivity index (χ0n) is 14.9. The molecule has 0 aromatic heterocycles. The summed E-state index contributed by atoms with van der Waals surface area (Å²) in [5.41, 5.74) is 11.2. The Morgan fingerprint density at radius 1 is 0.963 bits per heavy atom. The highest BCUT2D eigenvalue weighted by molar-refractivity contribution is 7.94. The van der Waals surface area contributed by atoms with Gasteiger partial charge < -0.3 is 11.5 Å². The van der Waals surface area contributed by atoms with Gasteiger partial charge in [0.05, 0.1) is 14.7 Å². The second kappa shape index (κ2) is 7.12. The number of guanidine groups is 1. The molecule has 144 valence electrons. The summed E-state index contributed by atoms with van der Waals surface area (Å²) in [6, 6.07) is 8.23. The quantitative estimate of drug-likeness (QED) is 0.564. The first-order chi connectivity index (χ1) is 12.3. The van der Waals surface area contributed by atoms with Crippen LogP contribution in [0.5, 0.6) is 0 Å². The Balaban J connectivity index is 2.83. The summed E-state index contributed by atoms with van der Waals surface area (Å²) in [5.74, 6) is -1.35. The third kappa shape index (κ3) is 4.34. The van der Waals surface area contributed by atoms with Crippen LogP contribution in [0.3, 0.4) is 0 Å². The highest BCUT2D eigenvalue weighted by Gasteiger charge is 2.28. The van der Waals surface area contributed by atoms with Gasteiger partial charge >= 0.3 is 0 Å². The van der Waals surface area contributed by atoms with Gasteiger partial charge in [-0.2, -0.15) is 4.99 Å². The Morgan fingerprint density at radius 2 is 1.59 bits per heavy atom. The highest BCUT2D eigenvalue weighted by Crippen LogP contribution is 2.30. The second-order valence-corrected chi connectivity index (χ2v) is 9.95. The molecule has 2 aromatic carbocycles. The van der Waals surface area contributed by atoms with Crippen molar-refractivity contribution in [1.82, 2.24) is 0 Å². The number of carbonyl (C=O) groups is 1. The molecule has 0 bridgehead atoms. The molecule has 0 fully saturated rings. The van der Waals surface area contributed by atoms with E-state index in [1.54, 1.807) is 19.1 Å². The van der Waals surface area contributed by atoms with Crippen molar-refractivity contribution < 1.29 is 21.6 Å². The summed E-state index contributed by atoms with van der Waals surface area (Å²) < 4.78 is 50.6. The predicted molar refractivity (Wildman–Crippen MR) is 101 cm³/mol. The average molecular weight is 409 g/mol. The molecule has 4 N–H and O–H groups in total. The Morgan fingerprint density at radius 3 is 2.11 bits per heavy atom. The van der Waals surface area contributed by atoms with Crippen molar-refractivity contribution in [2.24, 2.45) is 16.5 Å². The van der Waals surface area contributed by atoms with Crippen molar-refractivity contribution in [2.45, 2.75) is 28.5 Å². The minimum atomic E-state index is -4.14. The molecule has 0 aliphatic rings. The smallest absolute Gasteiger partial charge is 0.280 e. The van der Waals surface area contributed by atoms with E-state index in [4.69, 9.17) is 11.5 Å². The topological polar surface area (TPSA) is 150 Å². The molecule has 10 heteroatoms. The molecule has 0 atom stereocenters. The number of aryl methyl sites for hydroxylation is 2. The predicted octanol–water partition coefficient (Wildman–Crippen LogP) is 0.953. The van der Waals surface area contributed by atoms with Crippen LogP contribution in [0.2, 0.25) is 0 Å². The maximum absolute atomic E-state index is 13.0. The number of aliphatic imine (C=N–C) groups is 1. The summed E-state index contributed by atoms with van der Waals surface area (Å²) in [5, 5.41) is 0. The third-order valence-corrected chi connectivity index (χ3v) is 6.80. The van der Waals surface area contributed by atoms with E-state index in [2.05, 4.69) is 4.99 Å². The number of nitrogens with zero attached hydrogens (tertiary/aromatic N) is 1. The molecule has 2 rings (SSSR count). The zero-order valence-corrected chi connectivity index (χ0v) is 16.6. The lowest BCUT2D eigenvalue weighted by molar-refractivity contribution is 0.100. The summed E-state index contributed by atoms with van der Waals surface area (Å²) in [6.45, 7) is 3.19. The maximum atomic E-state index is 13.0. The van der Waals surface area contributed by atoms with Gasteiger partial charge in [0, 0.05) is 11.8 Å². The highest BCUT2D eigenvalue weighted by atomic mass is 32.2. The molecule has 0 saturated heterocycles. The molecule has 27 heavy (non-hydrogen) atoms. The summed E-state index contributed by atoms with van der Waals surface area (Å²) in [4.78, 5) is 14.6. The fraction of sp³-hybridized carbons (Fsp3) is 0.176. The lowest BCUT2D eigenvalue weighted by Gasteiger charge is -2.13. The van der Waals surface area contributed by atoms with E-state index in [1.165, 1.54) is 19.1 Å². The molecule has 0 saturated carbocycles. The summed E-state index contributed by atoms with van der Waals surface area (Å²) in [7, 11) is -8.12. The van der Waals surface area contributed by atoms with Gasteiger partial charge in [-0.1, -0.05) is 12.1 Å². The molecule has 0 heterocycles. The van der Waals surface area contributed by atoms with E-state index in [-0.39, 0.29) is 16.0 Å². The van der Waals surface area contributed by atoms with Crippen LogP contribution in [-0.2, 0) is 19.7 Å². The molecule has 0 unspecified atom stereocenters. The summed E-state index contributed by atoms with van der Waals surface area (Å²) in [6.07, 6.45) is 0.863. The van der Waals surface area contributed by atoms with Crippen LogP contribution in [0.25, 0.3) is 0 Å². The van der Waals surface area contributed by atoms with Crippen molar-refractivity contribution in [2.75, 3.05) is 6.26 Å². The molecule has 0 aliphatic carbocycles. The van der Waals surface area contributed by atoms with Crippen LogP contribution in [-0.4, -0.2) is 35.0 Å². The molecular weight excluding hydrogens is 390 g/mol. The van der Waals surface area contributed by atoms with E-state index in [0.29, 0.717) is 5.56 Å². The van der Waals surface area contributed by atoms with Crippen LogP contribution in [0.15, 0.2) is 56.1 Å². The minimum Gasteiger partial charge on any atom is -0.370 e. The van der Waals surface area contributed by atoms with E-state index < -0.39 is 41.3 Å². The fourth-order valence-corrected chi connectivity index (χ4v) is 5.53. The lowest BCUT2D eigenvalue weighted by Crippen LogP contribution is -2.24. The number of nitrogens with two attached hydrogens (primary N) is 2. The Labute approximate surface area is 157 Å². The van der Waals surface area contributed by atoms with Crippen LogP contribution >= 0.6 is 0 Å². The third-order valence-electron chi connectivity index (χ3n) is 3.74. The number of hydrogen-bond acceptors (Lipinski definition) is 5. The Bertz CT molecular complexity index is 1160. The number of carbonyl (C=O) groups excluding carboxylic acids is 1. The molecule has 0 aliphatic heterocycles. The maximum Gasteiger partial charge on any atom is 0.280 e. The van der Waals surface area contributed by atoms with Gasteiger partial charge in [0.15, 0.2) is 15.8 Å². The molecule has 0 radical (unpaired) electrons. The Kier molecular flexibility index (Phi) is 5.43. The monoisotopic (exact) mass is 409 g/mol. The van der Waals surface area contributed by atoms with E-state index in [9.17, 15) is 21.6 Å². The SMILES string of the molecule is Cc1cccc(S(=O)(=O)c2cc(C)c(C(=O)N=C(N)N)cc2S(C)(=O)=O)c1. The van der Waals surface area contributed by atoms with Crippen molar-refractivity contribution >= 4 is 31.5 Å².